The Morgan fingerprint density at radius 2 is 2.06 bits per heavy atom. The van der Waals surface area contributed by atoms with Gasteiger partial charge in [-0.25, -0.2) is 0 Å². The summed E-state index contributed by atoms with van der Waals surface area (Å²) in [4.78, 5) is 0. The number of ether oxygens (including phenoxy) is 1. The number of rotatable bonds is 9. The summed E-state index contributed by atoms with van der Waals surface area (Å²) in [5, 5.41) is 0.714. The SMILES string of the molecule is CCC(C)SCC(CCC(C)(C)OC)NN. The van der Waals surface area contributed by atoms with Gasteiger partial charge in [-0.2, -0.15) is 11.8 Å². The van der Waals surface area contributed by atoms with Gasteiger partial charge >= 0.3 is 0 Å². The minimum Gasteiger partial charge on any atom is -0.379 e. The Hall–Kier alpha value is 0.230. The molecular formula is C12H28N2OS. The van der Waals surface area contributed by atoms with E-state index in [0.717, 1.165) is 18.6 Å². The summed E-state index contributed by atoms with van der Waals surface area (Å²) in [6.07, 6.45) is 3.30. The van der Waals surface area contributed by atoms with Crippen LogP contribution >= 0.6 is 11.8 Å². The Morgan fingerprint density at radius 3 is 2.50 bits per heavy atom. The lowest BCUT2D eigenvalue weighted by molar-refractivity contribution is 0.0122. The van der Waals surface area contributed by atoms with Gasteiger partial charge < -0.3 is 4.74 Å². The molecule has 0 bridgehead atoms. The predicted octanol–water partition coefficient (Wildman–Crippen LogP) is 2.56. The zero-order valence-electron chi connectivity index (χ0n) is 11.4. The fourth-order valence-corrected chi connectivity index (χ4v) is 2.30. The van der Waals surface area contributed by atoms with Gasteiger partial charge in [0.2, 0.25) is 0 Å². The summed E-state index contributed by atoms with van der Waals surface area (Å²) < 4.78 is 5.40. The molecule has 0 aliphatic heterocycles. The van der Waals surface area contributed by atoms with Crippen LogP contribution in [-0.4, -0.2) is 29.8 Å². The zero-order valence-corrected chi connectivity index (χ0v) is 12.2. The summed E-state index contributed by atoms with van der Waals surface area (Å²) in [5.41, 5.74) is 2.86. The van der Waals surface area contributed by atoms with E-state index in [1.165, 1.54) is 6.42 Å². The summed E-state index contributed by atoms with van der Waals surface area (Å²) in [7, 11) is 1.76. The second-order valence-electron chi connectivity index (χ2n) is 4.92. The third-order valence-corrected chi connectivity index (χ3v) is 4.54. The van der Waals surface area contributed by atoms with Gasteiger partial charge in [0.15, 0.2) is 0 Å². The molecular weight excluding hydrogens is 220 g/mol. The smallest absolute Gasteiger partial charge is 0.0623 e. The van der Waals surface area contributed by atoms with E-state index in [1.54, 1.807) is 7.11 Å². The van der Waals surface area contributed by atoms with E-state index >= 15 is 0 Å². The molecule has 0 aromatic rings. The van der Waals surface area contributed by atoms with Gasteiger partial charge in [-0.3, -0.25) is 11.3 Å². The molecule has 0 aliphatic rings. The molecule has 0 saturated heterocycles. The number of methoxy groups -OCH3 is 1. The third kappa shape index (κ3) is 7.49. The maximum Gasteiger partial charge on any atom is 0.0623 e. The second-order valence-corrected chi connectivity index (χ2v) is 6.39. The van der Waals surface area contributed by atoms with E-state index in [9.17, 15) is 0 Å². The monoisotopic (exact) mass is 248 g/mol. The maximum absolute atomic E-state index is 5.57. The number of nitrogens with two attached hydrogens (primary N) is 1. The van der Waals surface area contributed by atoms with Gasteiger partial charge in [0.05, 0.1) is 5.60 Å². The summed E-state index contributed by atoms with van der Waals surface area (Å²) >= 11 is 1.98. The molecule has 16 heavy (non-hydrogen) atoms. The molecule has 0 spiro atoms. The van der Waals surface area contributed by atoms with E-state index in [-0.39, 0.29) is 5.60 Å². The van der Waals surface area contributed by atoms with Crippen LogP contribution in [0.3, 0.4) is 0 Å². The number of hydrogen-bond donors (Lipinski definition) is 2. The Bertz CT molecular complexity index is 176. The quantitative estimate of drug-likeness (QED) is 0.486. The Labute approximate surface area is 105 Å². The molecule has 3 nitrogen and oxygen atoms in total. The van der Waals surface area contributed by atoms with Crippen molar-refractivity contribution in [3.05, 3.63) is 0 Å². The van der Waals surface area contributed by atoms with Crippen molar-refractivity contribution in [3.8, 4) is 0 Å². The molecule has 0 aromatic carbocycles. The number of nitrogens with one attached hydrogen (secondary N) is 1. The van der Waals surface area contributed by atoms with Gasteiger partial charge in [-0.05, 0) is 33.1 Å². The van der Waals surface area contributed by atoms with E-state index in [4.69, 9.17) is 10.6 Å². The van der Waals surface area contributed by atoms with Crippen molar-refractivity contribution in [3.63, 3.8) is 0 Å². The van der Waals surface area contributed by atoms with Crippen LogP contribution in [0.25, 0.3) is 0 Å². The van der Waals surface area contributed by atoms with Crippen LogP contribution in [0.1, 0.15) is 47.0 Å². The predicted molar refractivity (Wildman–Crippen MR) is 73.6 cm³/mol. The van der Waals surface area contributed by atoms with Crippen LogP contribution in [0.5, 0.6) is 0 Å². The normalized spacial score (nSPS) is 16.1. The van der Waals surface area contributed by atoms with Gasteiger partial charge in [0.25, 0.3) is 0 Å². The van der Waals surface area contributed by atoms with Crippen LogP contribution in [0, 0.1) is 0 Å². The lowest BCUT2D eigenvalue weighted by Gasteiger charge is -2.26. The molecule has 4 heteroatoms. The topological polar surface area (TPSA) is 47.3 Å². The Kier molecular flexibility index (Phi) is 8.46. The molecule has 98 valence electrons. The second kappa shape index (κ2) is 8.34. The van der Waals surface area contributed by atoms with E-state index in [1.807, 2.05) is 11.8 Å². The highest BCUT2D eigenvalue weighted by Gasteiger charge is 2.19. The molecule has 2 atom stereocenters. The first-order valence-corrected chi connectivity index (χ1v) is 7.13. The van der Waals surface area contributed by atoms with Crippen LogP contribution in [-0.2, 0) is 4.74 Å². The van der Waals surface area contributed by atoms with Crippen molar-refractivity contribution in [2.24, 2.45) is 5.84 Å². The van der Waals surface area contributed by atoms with E-state index in [0.29, 0.717) is 11.3 Å². The van der Waals surface area contributed by atoms with Crippen molar-refractivity contribution in [2.45, 2.75) is 63.9 Å². The first-order valence-electron chi connectivity index (χ1n) is 6.08. The Balaban J connectivity index is 3.83. The maximum atomic E-state index is 5.57. The fourth-order valence-electron chi connectivity index (χ4n) is 1.24. The minimum atomic E-state index is -0.0455. The number of thioether (sulfide) groups is 1. The molecule has 0 aromatic heterocycles. The van der Waals surface area contributed by atoms with E-state index in [2.05, 4.69) is 33.1 Å². The average molecular weight is 248 g/mol. The fraction of sp³-hybridized carbons (Fsp3) is 1.00. The van der Waals surface area contributed by atoms with E-state index < -0.39 is 0 Å². The van der Waals surface area contributed by atoms with Gasteiger partial charge in [0, 0.05) is 24.2 Å². The third-order valence-electron chi connectivity index (χ3n) is 3.04. The highest BCUT2D eigenvalue weighted by atomic mass is 32.2. The molecule has 0 fully saturated rings. The first-order chi connectivity index (χ1) is 7.45. The number of hydrogen-bond acceptors (Lipinski definition) is 4. The van der Waals surface area contributed by atoms with Gasteiger partial charge in [0.1, 0.15) is 0 Å². The van der Waals surface area contributed by atoms with Crippen LogP contribution in [0.2, 0.25) is 0 Å². The molecule has 0 rings (SSSR count). The van der Waals surface area contributed by atoms with Crippen LogP contribution in [0.15, 0.2) is 0 Å². The molecule has 0 radical (unpaired) electrons. The average Bonchev–Trinajstić information content (AvgIpc) is 2.28. The van der Waals surface area contributed by atoms with Crippen LogP contribution < -0.4 is 11.3 Å². The lowest BCUT2D eigenvalue weighted by Crippen LogP contribution is -2.39. The highest BCUT2D eigenvalue weighted by molar-refractivity contribution is 7.99. The van der Waals surface area contributed by atoms with Crippen molar-refractivity contribution < 1.29 is 4.74 Å². The van der Waals surface area contributed by atoms with Crippen molar-refractivity contribution in [2.75, 3.05) is 12.9 Å². The highest BCUT2D eigenvalue weighted by Crippen LogP contribution is 2.20. The largest absolute Gasteiger partial charge is 0.379 e. The molecule has 0 heterocycles. The minimum absolute atomic E-state index is 0.0455. The molecule has 0 aliphatic carbocycles. The van der Waals surface area contributed by atoms with Crippen molar-refractivity contribution in [1.29, 1.82) is 0 Å². The first kappa shape index (κ1) is 16.2. The Morgan fingerprint density at radius 1 is 1.44 bits per heavy atom. The van der Waals surface area contributed by atoms with Crippen molar-refractivity contribution in [1.82, 2.24) is 5.43 Å². The molecule has 2 unspecified atom stereocenters. The van der Waals surface area contributed by atoms with Crippen LogP contribution in [0.4, 0.5) is 0 Å². The summed E-state index contributed by atoms with van der Waals surface area (Å²) in [6.45, 7) is 8.71. The zero-order chi connectivity index (χ0) is 12.6. The standard InChI is InChI=1S/C12H28N2OS/c1-6-10(2)16-9-11(14-13)7-8-12(3,4)15-5/h10-11,14H,6-9,13H2,1-5H3. The van der Waals surface area contributed by atoms with Gasteiger partial charge in [-0.1, -0.05) is 13.8 Å². The molecule has 0 saturated carbocycles. The lowest BCUT2D eigenvalue weighted by atomic mass is 10.00. The van der Waals surface area contributed by atoms with Gasteiger partial charge in [-0.15, -0.1) is 0 Å². The van der Waals surface area contributed by atoms with Crippen molar-refractivity contribution >= 4 is 11.8 Å². The molecule has 0 amide bonds. The summed E-state index contributed by atoms with van der Waals surface area (Å²) in [5.74, 6) is 6.64. The molecule has 3 N–H and O–H groups in total. The summed E-state index contributed by atoms with van der Waals surface area (Å²) in [6, 6.07) is 0.383. The number of hydrazine groups is 1.